The van der Waals surface area contributed by atoms with Gasteiger partial charge in [-0.15, -0.1) is 0 Å². The smallest absolute Gasteiger partial charge is 0.0540 e. The Labute approximate surface area is 384 Å². The maximum atomic E-state index is 4.06. The van der Waals surface area contributed by atoms with Gasteiger partial charge in [0.2, 0.25) is 0 Å². The molecule has 2 nitrogen and oxygen atoms in total. The van der Waals surface area contributed by atoms with Crippen LogP contribution in [0.5, 0.6) is 0 Å². The number of rotatable bonds is 12. The molecule has 65 heavy (non-hydrogen) atoms. The van der Waals surface area contributed by atoms with Crippen molar-refractivity contribution in [3.8, 4) is 44.5 Å². The summed E-state index contributed by atoms with van der Waals surface area (Å²) in [7, 11) is 0. The molecule has 0 amide bonds. The monoisotopic (exact) mass is 834 g/mol. The zero-order chi connectivity index (χ0) is 44.3. The van der Waals surface area contributed by atoms with Gasteiger partial charge in [-0.2, -0.15) is 0 Å². The van der Waals surface area contributed by atoms with Gasteiger partial charge in [-0.1, -0.05) is 203 Å². The molecule has 0 saturated carbocycles. The first-order chi connectivity index (χ1) is 31.9. The maximum absolute atomic E-state index is 4.06. The Morgan fingerprint density at radius 3 is 1.54 bits per heavy atom. The molecule has 0 radical (unpaired) electrons. The van der Waals surface area contributed by atoms with Crippen LogP contribution in [0.2, 0.25) is 0 Å². The minimum Gasteiger partial charge on any atom is -0.310 e. The molecule has 0 fully saturated rings. The molecule has 312 valence electrons. The lowest BCUT2D eigenvalue weighted by molar-refractivity contribution is 0.660. The van der Waals surface area contributed by atoms with Crippen molar-refractivity contribution >= 4 is 39.7 Å². The van der Waals surface area contributed by atoms with E-state index < -0.39 is 0 Å². The summed E-state index contributed by atoms with van der Waals surface area (Å²) in [5.41, 5.74) is 20.7. The Morgan fingerprint density at radius 2 is 0.877 bits per heavy atom. The summed E-state index contributed by atoms with van der Waals surface area (Å²) in [4.78, 5) is 4.78. The van der Waals surface area contributed by atoms with E-state index >= 15 is 0 Å². The largest absolute Gasteiger partial charge is 0.310 e. The second kappa shape index (κ2) is 17.5. The molecule has 1 aliphatic rings. The van der Waals surface area contributed by atoms with E-state index in [1.165, 1.54) is 33.4 Å². The summed E-state index contributed by atoms with van der Waals surface area (Å²) < 4.78 is 0. The van der Waals surface area contributed by atoms with E-state index in [4.69, 9.17) is 0 Å². The lowest BCUT2D eigenvalue weighted by Gasteiger charge is -2.30. The number of benzene rings is 9. The minimum absolute atomic E-state index is 0.135. The van der Waals surface area contributed by atoms with Crippen LogP contribution in [0.4, 0.5) is 34.1 Å². The van der Waals surface area contributed by atoms with Crippen LogP contribution in [0.3, 0.4) is 0 Å². The summed E-state index contributed by atoms with van der Waals surface area (Å²) in [5.74, 6) is 0. The van der Waals surface area contributed by atoms with Crippen molar-refractivity contribution in [2.24, 2.45) is 0 Å². The fourth-order valence-electron chi connectivity index (χ4n) is 9.59. The van der Waals surface area contributed by atoms with Crippen molar-refractivity contribution in [3.63, 3.8) is 0 Å². The van der Waals surface area contributed by atoms with Crippen molar-refractivity contribution in [1.29, 1.82) is 0 Å². The molecular formula is C63H50N2. The number of hydrogen-bond donors (Lipinski definition) is 0. The Morgan fingerprint density at radius 1 is 0.385 bits per heavy atom. The number of fused-ring (bicyclic) bond motifs is 3. The number of allylic oxidation sites excluding steroid dienone is 4. The minimum atomic E-state index is -0.135. The van der Waals surface area contributed by atoms with Crippen LogP contribution in [0, 0.1) is 0 Å². The summed E-state index contributed by atoms with van der Waals surface area (Å²) in [5, 5.41) is 0. The second-order valence-corrected chi connectivity index (χ2v) is 17.0. The Kier molecular flexibility index (Phi) is 11.0. The van der Waals surface area contributed by atoms with E-state index in [0.29, 0.717) is 0 Å². The van der Waals surface area contributed by atoms with Crippen LogP contribution in [0.1, 0.15) is 30.5 Å². The van der Waals surface area contributed by atoms with E-state index in [-0.39, 0.29) is 5.41 Å². The van der Waals surface area contributed by atoms with E-state index in [2.05, 4.69) is 261 Å². The first-order valence-electron chi connectivity index (χ1n) is 22.3. The van der Waals surface area contributed by atoms with Gasteiger partial charge in [-0.3, -0.25) is 0 Å². The lowest BCUT2D eigenvalue weighted by Crippen LogP contribution is -2.17. The number of anilines is 6. The summed E-state index contributed by atoms with van der Waals surface area (Å²) >= 11 is 0. The van der Waals surface area contributed by atoms with Crippen LogP contribution in [0.15, 0.2) is 256 Å². The molecule has 0 heterocycles. The van der Waals surface area contributed by atoms with Crippen LogP contribution in [0.25, 0.3) is 50.1 Å². The SMILES string of the molecule is C=C/C=C(\C=C)c1ccc(N(c2ccc(-c3ccccc3)cc2)c2ccc(-c3ccccc3N(c3ccccc3)c3ccc4c(c3)C(C)(C)c3ccccc3-4)c(-c3ccccc3)c2)cc1. The molecule has 0 unspecified atom stereocenters. The third-order valence-corrected chi connectivity index (χ3v) is 12.8. The van der Waals surface area contributed by atoms with Gasteiger partial charge in [0.05, 0.1) is 5.69 Å². The van der Waals surface area contributed by atoms with Crippen molar-refractivity contribution in [3.05, 3.63) is 273 Å². The fraction of sp³-hybridized carbons (Fsp3) is 0.0476. The third kappa shape index (κ3) is 7.70. The quantitative estimate of drug-likeness (QED) is 0.113. The maximum Gasteiger partial charge on any atom is 0.0540 e. The molecule has 1 aliphatic carbocycles. The number of nitrogens with zero attached hydrogens (tertiary/aromatic N) is 2. The van der Waals surface area contributed by atoms with E-state index in [9.17, 15) is 0 Å². The third-order valence-electron chi connectivity index (χ3n) is 12.8. The van der Waals surface area contributed by atoms with Gasteiger partial charge in [0.25, 0.3) is 0 Å². The van der Waals surface area contributed by atoms with Gasteiger partial charge >= 0.3 is 0 Å². The van der Waals surface area contributed by atoms with Gasteiger partial charge in [0.1, 0.15) is 0 Å². The van der Waals surface area contributed by atoms with Crippen LogP contribution >= 0.6 is 0 Å². The summed E-state index contributed by atoms with van der Waals surface area (Å²) in [6.45, 7) is 12.7. The zero-order valence-electron chi connectivity index (χ0n) is 36.9. The Hall–Kier alpha value is -8.20. The van der Waals surface area contributed by atoms with Crippen molar-refractivity contribution < 1.29 is 0 Å². The molecule has 0 aliphatic heterocycles. The van der Waals surface area contributed by atoms with Gasteiger partial charge < -0.3 is 9.80 Å². The molecule has 2 heteroatoms. The van der Waals surface area contributed by atoms with E-state index in [1.54, 1.807) is 6.08 Å². The van der Waals surface area contributed by atoms with Crippen LogP contribution in [-0.2, 0) is 5.41 Å². The van der Waals surface area contributed by atoms with E-state index in [1.807, 2.05) is 12.2 Å². The normalized spacial score (nSPS) is 12.5. The standard InChI is InChI=1S/C63H50N2/c1-5-20-45(6-2)47-31-35-51(36-32-47)64(52-37-33-48(34-38-52)46-21-10-7-11-22-46)53-39-41-55(59(43-53)49-23-12-8-13-24-49)58-28-17-19-30-62(58)65(50-25-14-9-15-26-50)54-40-42-57-56-27-16-18-29-60(56)63(3,4)61(57)44-54/h5-44H,1-2H2,3-4H3/b45-20+. The molecule has 9 aromatic carbocycles. The average molecular weight is 835 g/mol. The van der Waals surface area contributed by atoms with Gasteiger partial charge in [0, 0.05) is 39.4 Å². The van der Waals surface area contributed by atoms with Crippen molar-refractivity contribution in [2.75, 3.05) is 9.80 Å². The van der Waals surface area contributed by atoms with Crippen molar-refractivity contribution in [1.82, 2.24) is 0 Å². The molecule has 0 spiro atoms. The Balaban J connectivity index is 1.14. The molecular weight excluding hydrogens is 785 g/mol. The highest BCUT2D eigenvalue weighted by atomic mass is 15.1. The average Bonchev–Trinajstić information content (AvgIpc) is 3.60. The molecule has 9 aromatic rings. The summed E-state index contributed by atoms with van der Waals surface area (Å²) in [6, 6.07) is 81.4. The highest BCUT2D eigenvalue weighted by molar-refractivity contribution is 5.97. The first-order valence-corrected chi connectivity index (χ1v) is 22.3. The Bertz CT molecular complexity index is 3180. The van der Waals surface area contributed by atoms with Crippen LogP contribution < -0.4 is 9.80 Å². The number of hydrogen-bond acceptors (Lipinski definition) is 2. The van der Waals surface area contributed by atoms with E-state index in [0.717, 1.165) is 67.5 Å². The molecule has 0 atom stereocenters. The molecule has 10 rings (SSSR count). The highest BCUT2D eigenvalue weighted by Gasteiger charge is 2.36. The second-order valence-electron chi connectivity index (χ2n) is 17.0. The van der Waals surface area contributed by atoms with Crippen molar-refractivity contribution in [2.45, 2.75) is 19.3 Å². The predicted molar refractivity (Wildman–Crippen MR) is 278 cm³/mol. The molecule has 0 aromatic heterocycles. The summed E-state index contributed by atoms with van der Waals surface area (Å²) in [6.07, 6.45) is 5.68. The molecule has 0 bridgehead atoms. The van der Waals surface area contributed by atoms with Gasteiger partial charge in [-0.25, -0.2) is 0 Å². The zero-order valence-corrected chi connectivity index (χ0v) is 36.9. The predicted octanol–water partition coefficient (Wildman–Crippen LogP) is 17.7. The highest BCUT2D eigenvalue weighted by Crippen LogP contribution is 2.52. The van der Waals surface area contributed by atoms with Crippen LogP contribution in [-0.4, -0.2) is 0 Å². The van der Waals surface area contributed by atoms with Gasteiger partial charge in [-0.05, 0) is 128 Å². The first kappa shape index (κ1) is 40.8. The molecule has 0 saturated heterocycles. The number of para-hydroxylation sites is 2. The van der Waals surface area contributed by atoms with Gasteiger partial charge in [0.15, 0.2) is 0 Å². The lowest BCUT2D eigenvalue weighted by atomic mass is 9.82. The molecule has 0 N–H and O–H groups in total. The topological polar surface area (TPSA) is 6.48 Å². The fourth-order valence-corrected chi connectivity index (χ4v) is 9.59.